The Balaban J connectivity index is 1.31. The Kier molecular flexibility index (Phi) is 11.1. The molecular formula is C44H45N3O4. The predicted molar refractivity (Wildman–Crippen MR) is 203 cm³/mol. The van der Waals surface area contributed by atoms with Crippen LogP contribution >= 0.6 is 0 Å². The molecule has 0 saturated carbocycles. The van der Waals surface area contributed by atoms with Crippen LogP contribution in [0.3, 0.4) is 0 Å². The lowest BCUT2D eigenvalue weighted by Gasteiger charge is -2.26. The Labute approximate surface area is 300 Å². The van der Waals surface area contributed by atoms with Gasteiger partial charge in [-0.05, 0) is 86.2 Å². The molecule has 0 unspecified atom stereocenters. The summed E-state index contributed by atoms with van der Waals surface area (Å²) >= 11 is 0. The summed E-state index contributed by atoms with van der Waals surface area (Å²) in [5.74, 6) is -0.384. The maximum Gasteiger partial charge on any atom is 0.331 e. The normalized spacial score (nSPS) is 16.0. The van der Waals surface area contributed by atoms with E-state index in [0.717, 1.165) is 53.0 Å². The molecular weight excluding hydrogens is 635 g/mol. The maximum atomic E-state index is 13.9. The van der Waals surface area contributed by atoms with Gasteiger partial charge < -0.3 is 15.2 Å². The molecule has 0 radical (unpaired) electrons. The minimum absolute atomic E-state index is 0.0786. The van der Waals surface area contributed by atoms with Crippen molar-refractivity contribution in [3.05, 3.63) is 166 Å². The third-order valence-corrected chi connectivity index (χ3v) is 9.64. The Morgan fingerprint density at radius 1 is 0.843 bits per heavy atom. The number of ether oxygens (including phenoxy) is 1. The summed E-state index contributed by atoms with van der Waals surface area (Å²) in [5.41, 5.74) is 6.01. The number of hydrogen-bond acceptors (Lipinski definition) is 5. The quantitative estimate of drug-likeness (QED) is 0.122. The van der Waals surface area contributed by atoms with E-state index < -0.39 is 11.5 Å². The highest BCUT2D eigenvalue weighted by atomic mass is 16.5. The van der Waals surface area contributed by atoms with Crippen LogP contribution in [0.1, 0.15) is 58.7 Å². The summed E-state index contributed by atoms with van der Waals surface area (Å²) in [6, 6.07) is 41.0. The van der Waals surface area contributed by atoms with Gasteiger partial charge in [0.2, 0.25) is 5.91 Å². The smallest absolute Gasteiger partial charge is 0.331 e. The molecule has 2 atom stereocenters. The number of nitrogens with one attached hydrogen (secondary N) is 1. The van der Waals surface area contributed by atoms with Gasteiger partial charge in [-0.15, -0.1) is 0 Å². The van der Waals surface area contributed by atoms with E-state index in [2.05, 4.69) is 22.3 Å². The SMILES string of the molecule is Cc1cc(OCc2ccccc2)cc(C)c1C[C@](C)(N=C(c1ccccc1)c1ccccc1NC(=O)[C@@H]1CCCN1Cc1ccccc1)C(=O)O. The molecule has 0 aromatic heterocycles. The van der Waals surface area contributed by atoms with Gasteiger partial charge in [0.05, 0.1) is 17.4 Å². The number of hydrogen-bond donors (Lipinski definition) is 2. The molecule has 5 aromatic carbocycles. The van der Waals surface area contributed by atoms with Crippen molar-refractivity contribution in [3.63, 3.8) is 0 Å². The van der Waals surface area contributed by atoms with E-state index in [9.17, 15) is 14.7 Å². The molecule has 0 aliphatic carbocycles. The summed E-state index contributed by atoms with van der Waals surface area (Å²) in [4.78, 5) is 34.4. The lowest BCUT2D eigenvalue weighted by molar-refractivity contribution is -0.142. The van der Waals surface area contributed by atoms with Crippen molar-refractivity contribution in [1.29, 1.82) is 0 Å². The zero-order valence-electron chi connectivity index (χ0n) is 29.5. The molecule has 1 amide bonds. The Morgan fingerprint density at radius 2 is 1.43 bits per heavy atom. The Hall–Kier alpha value is -5.53. The summed E-state index contributed by atoms with van der Waals surface area (Å²) in [6.07, 6.45) is 1.88. The van der Waals surface area contributed by atoms with Gasteiger partial charge >= 0.3 is 5.97 Å². The minimum Gasteiger partial charge on any atom is -0.489 e. The van der Waals surface area contributed by atoms with E-state index in [1.54, 1.807) is 6.92 Å². The first-order valence-electron chi connectivity index (χ1n) is 17.5. The third kappa shape index (κ3) is 8.62. The van der Waals surface area contributed by atoms with E-state index in [1.807, 2.05) is 129 Å². The number of para-hydroxylation sites is 1. The number of carbonyl (C=O) groups excluding carboxylic acids is 1. The molecule has 5 aromatic rings. The summed E-state index contributed by atoms with van der Waals surface area (Å²) in [6.45, 7) is 7.62. The van der Waals surface area contributed by atoms with Crippen molar-refractivity contribution < 1.29 is 19.4 Å². The van der Waals surface area contributed by atoms with Crippen LogP contribution in [0.4, 0.5) is 5.69 Å². The summed E-state index contributed by atoms with van der Waals surface area (Å²) in [5, 5.41) is 14.0. The fraction of sp³-hybridized carbons (Fsp3) is 0.250. The lowest BCUT2D eigenvalue weighted by Crippen LogP contribution is -2.39. The number of rotatable bonds is 13. The third-order valence-electron chi connectivity index (χ3n) is 9.64. The molecule has 0 bridgehead atoms. The molecule has 0 spiro atoms. The predicted octanol–water partition coefficient (Wildman–Crippen LogP) is 8.41. The van der Waals surface area contributed by atoms with Crippen LogP contribution in [0.5, 0.6) is 5.75 Å². The average molecular weight is 680 g/mol. The molecule has 260 valence electrons. The first kappa shape index (κ1) is 35.3. The standard InChI is InChI=1S/C44H45N3O4/c1-31-26-36(51-30-34-18-9-5-10-19-34)27-32(2)38(31)28-44(3,43(49)50)46-41(35-20-11-6-12-21-35)37-22-13-14-23-39(37)45-42(48)40-24-15-25-47(40)29-33-16-7-4-8-17-33/h4-14,16-23,26-27,40H,15,24-25,28-30H2,1-3H3,(H,45,48)(H,49,50)/t40-,44-/m0/s1. The topological polar surface area (TPSA) is 91.2 Å². The second-order valence-electron chi connectivity index (χ2n) is 13.5. The number of carboxylic acids is 1. The number of nitrogens with zero attached hydrogens (tertiary/aromatic N) is 2. The van der Waals surface area contributed by atoms with E-state index in [0.29, 0.717) is 30.1 Å². The molecule has 1 heterocycles. The fourth-order valence-electron chi connectivity index (χ4n) is 6.83. The highest BCUT2D eigenvalue weighted by molar-refractivity contribution is 6.18. The molecule has 2 N–H and O–H groups in total. The number of carbonyl (C=O) groups is 2. The number of benzene rings is 5. The van der Waals surface area contributed by atoms with E-state index in [4.69, 9.17) is 9.73 Å². The molecule has 7 nitrogen and oxygen atoms in total. The summed E-state index contributed by atoms with van der Waals surface area (Å²) < 4.78 is 6.10. The molecule has 1 saturated heterocycles. The highest BCUT2D eigenvalue weighted by Gasteiger charge is 2.36. The number of amides is 1. The van der Waals surface area contributed by atoms with Crippen LogP contribution in [0.15, 0.2) is 132 Å². The van der Waals surface area contributed by atoms with Crippen molar-refractivity contribution >= 4 is 23.3 Å². The first-order valence-corrected chi connectivity index (χ1v) is 17.5. The molecule has 7 heteroatoms. The minimum atomic E-state index is -1.53. The van der Waals surface area contributed by atoms with Gasteiger partial charge in [-0.25, -0.2) is 4.79 Å². The number of aliphatic imine (C=N–C) groups is 1. The molecule has 1 fully saturated rings. The average Bonchev–Trinajstić information content (AvgIpc) is 3.61. The van der Waals surface area contributed by atoms with Crippen molar-refractivity contribution in [3.8, 4) is 5.75 Å². The van der Waals surface area contributed by atoms with Gasteiger partial charge in [-0.1, -0.05) is 109 Å². The van der Waals surface area contributed by atoms with Crippen LogP contribution in [-0.4, -0.2) is 45.7 Å². The number of anilines is 1. The van der Waals surface area contributed by atoms with Gasteiger partial charge in [-0.3, -0.25) is 14.7 Å². The highest BCUT2D eigenvalue weighted by Crippen LogP contribution is 2.31. The Bertz CT molecular complexity index is 1970. The van der Waals surface area contributed by atoms with Crippen LogP contribution in [0.2, 0.25) is 0 Å². The number of carboxylic acid groups (broad SMARTS) is 1. The van der Waals surface area contributed by atoms with E-state index in [1.165, 1.54) is 5.56 Å². The lowest BCUT2D eigenvalue weighted by atomic mass is 9.87. The van der Waals surface area contributed by atoms with Crippen molar-refractivity contribution in [2.45, 2.75) is 64.8 Å². The zero-order valence-corrected chi connectivity index (χ0v) is 29.5. The molecule has 51 heavy (non-hydrogen) atoms. The van der Waals surface area contributed by atoms with Gasteiger partial charge in [-0.2, -0.15) is 0 Å². The maximum absolute atomic E-state index is 13.9. The second kappa shape index (κ2) is 16.0. The van der Waals surface area contributed by atoms with Crippen LogP contribution < -0.4 is 10.1 Å². The van der Waals surface area contributed by atoms with E-state index >= 15 is 0 Å². The first-order chi connectivity index (χ1) is 24.7. The van der Waals surface area contributed by atoms with E-state index in [-0.39, 0.29) is 18.4 Å². The van der Waals surface area contributed by atoms with Crippen LogP contribution in [-0.2, 0) is 29.2 Å². The van der Waals surface area contributed by atoms with Gasteiger partial charge in [0, 0.05) is 24.1 Å². The van der Waals surface area contributed by atoms with Crippen molar-refractivity contribution in [1.82, 2.24) is 4.90 Å². The van der Waals surface area contributed by atoms with Crippen molar-refractivity contribution in [2.24, 2.45) is 4.99 Å². The molecule has 6 rings (SSSR count). The van der Waals surface area contributed by atoms with Gasteiger partial charge in [0.25, 0.3) is 0 Å². The van der Waals surface area contributed by atoms with Crippen molar-refractivity contribution in [2.75, 3.05) is 11.9 Å². The number of aliphatic carboxylic acids is 1. The van der Waals surface area contributed by atoms with Crippen LogP contribution in [0, 0.1) is 13.8 Å². The molecule has 1 aliphatic heterocycles. The van der Waals surface area contributed by atoms with Crippen LogP contribution in [0.25, 0.3) is 0 Å². The fourth-order valence-corrected chi connectivity index (χ4v) is 6.83. The van der Waals surface area contributed by atoms with Gasteiger partial charge in [0.15, 0.2) is 5.54 Å². The number of likely N-dealkylation sites (tertiary alicyclic amines) is 1. The number of aryl methyl sites for hydroxylation is 2. The monoisotopic (exact) mass is 679 g/mol. The zero-order chi connectivity index (χ0) is 35.8. The van der Waals surface area contributed by atoms with Gasteiger partial charge in [0.1, 0.15) is 12.4 Å². The second-order valence-corrected chi connectivity index (χ2v) is 13.5. The molecule has 1 aliphatic rings. The largest absolute Gasteiger partial charge is 0.489 e. The Morgan fingerprint density at radius 3 is 2.08 bits per heavy atom. The summed E-state index contributed by atoms with van der Waals surface area (Å²) in [7, 11) is 0.